The zero-order valence-electron chi connectivity index (χ0n) is 15.0. The summed E-state index contributed by atoms with van der Waals surface area (Å²) in [5, 5.41) is 2.80. The molecule has 0 bridgehead atoms. The number of rotatable bonds is 12. The summed E-state index contributed by atoms with van der Waals surface area (Å²) >= 11 is 0. The molecule has 0 heterocycles. The number of amides is 1. The van der Waals surface area contributed by atoms with E-state index in [-0.39, 0.29) is 5.91 Å². The van der Waals surface area contributed by atoms with Gasteiger partial charge in [0, 0.05) is 47.0 Å². The molecule has 136 valence electrons. The van der Waals surface area contributed by atoms with Crippen LogP contribution in [0, 0.1) is 0 Å². The molecule has 0 aliphatic rings. The van der Waals surface area contributed by atoms with Crippen molar-refractivity contribution in [3.63, 3.8) is 0 Å². The first-order valence-electron chi connectivity index (χ1n) is 7.88. The van der Waals surface area contributed by atoms with E-state index in [4.69, 9.17) is 18.9 Å². The van der Waals surface area contributed by atoms with E-state index in [1.165, 1.54) is 6.92 Å². The number of carbonyl (C=O) groups excluding carboxylic acids is 1. The average Bonchev–Trinajstić information content (AvgIpc) is 2.56. The van der Waals surface area contributed by atoms with Gasteiger partial charge in [-0.05, 0) is 18.2 Å². The lowest BCUT2D eigenvalue weighted by Crippen LogP contribution is -2.31. The molecule has 1 aromatic carbocycles. The fourth-order valence-electron chi connectivity index (χ4n) is 2.16. The lowest BCUT2D eigenvalue weighted by Gasteiger charge is -2.27. The maximum absolute atomic E-state index is 11.3. The Bertz CT molecular complexity index is 488. The Balaban J connectivity index is 3.05. The summed E-state index contributed by atoms with van der Waals surface area (Å²) in [4.78, 5) is 13.4. The molecule has 0 saturated carbocycles. The predicted octanol–water partition coefficient (Wildman–Crippen LogP) is 1.77. The van der Waals surface area contributed by atoms with Crippen LogP contribution in [-0.4, -0.2) is 66.8 Å². The molecule has 0 unspecified atom stereocenters. The largest absolute Gasteiger partial charge is 0.489 e. The zero-order chi connectivity index (χ0) is 17.8. The average molecular weight is 340 g/mol. The zero-order valence-corrected chi connectivity index (χ0v) is 15.0. The summed E-state index contributed by atoms with van der Waals surface area (Å²) in [6, 6.07) is 5.57. The van der Waals surface area contributed by atoms with Crippen molar-refractivity contribution in [2.24, 2.45) is 0 Å². The highest BCUT2D eigenvalue weighted by Crippen LogP contribution is 2.31. The van der Waals surface area contributed by atoms with Gasteiger partial charge in [-0.3, -0.25) is 4.79 Å². The van der Waals surface area contributed by atoms with Gasteiger partial charge in [-0.25, -0.2) is 0 Å². The highest BCUT2D eigenvalue weighted by molar-refractivity contribution is 5.89. The molecule has 0 spiro atoms. The fourth-order valence-corrected chi connectivity index (χ4v) is 2.16. The van der Waals surface area contributed by atoms with E-state index in [1.54, 1.807) is 21.3 Å². The Morgan fingerprint density at radius 3 is 2.17 bits per heavy atom. The molecule has 0 aromatic heterocycles. The van der Waals surface area contributed by atoms with Gasteiger partial charge in [0.15, 0.2) is 0 Å². The number of hydrogen-bond donors (Lipinski definition) is 1. The van der Waals surface area contributed by atoms with Crippen molar-refractivity contribution in [1.29, 1.82) is 0 Å². The Hall–Kier alpha value is -1.83. The minimum absolute atomic E-state index is 0.116. The van der Waals surface area contributed by atoms with Gasteiger partial charge in [0.05, 0.1) is 25.5 Å². The summed E-state index contributed by atoms with van der Waals surface area (Å²) in [5.41, 5.74) is 1.60. The molecule has 0 radical (unpaired) electrons. The van der Waals surface area contributed by atoms with Crippen molar-refractivity contribution >= 4 is 17.3 Å². The van der Waals surface area contributed by atoms with Crippen LogP contribution in [0.3, 0.4) is 0 Å². The number of methoxy groups -OCH3 is 3. The third kappa shape index (κ3) is 7.16. The van der Waals surface area contributed by atoms with E-state index < -0.39 is 0 Å². The van der Waals surface area contributed by atoms with Crippen LogP contribution in [0.4, 0.5) is 11.4 Å². The second-order valence-electron chi connectivity index (χ2n) is 5.18. The molecule has 1 rings (SSSR count). The SMILES string of the molecule is COCCOc1ccc(NC(C)=O)cc1N(CCOC)CCOC. The summed E-state index contributed by atoms with van der Waals surface area (Å²) in [5.74, 6) is 0.614. The van der Waals surface area contributed by atoms with Crippen LogP contribution in [0.1, 0.15) is 6.92 Å². The van der Waals surface area contributed by atoms with Crippen molar-refractivity contribution in [2.75, 3.05) is 71.1 Å². The Labute approximate surface area is 143 Å². The monoisotopic (exact) mass is 340 g/mol. The molecule has 0 saturated heterocycles. The van der Waals surface area contributed by atoms with Crippen LogP contribution in [0.2, 0.25) is 0 Å². The van der Waals surface area contributed by atoms with Gasteiger partial charge >= 0.3 is 0 Å². The number of ether oxygens (including phenoxy) is 4. The Morgan fingerprint density at radius 2 is 1.62 bits per heavy atom. The number of anilines is 2. The van der Waals surface area contributed by atoms with Crippen LogP contribution in [0.5, 0.6) is 5.75 Å². The van der Waals surface area contributed by atoms with E-state index in [1.807, 2.05) is 18.2 Å². The number of nitrogens with zero attached hydrogens (tertiary/aromatic N) is 1. The van der Waals surface area contributed by atoms with E-state index >= 15 is 0 Å². The standard InChI is InChI=1S/C17H28N2O5/c1-14(20)18-15-5-6-17(24-12-11-23-4)16(13-15)19(7-9-21-2)8-10-22-3/h5-6,13H,7-12H2,1-4H3,(H,18,20). The van der Waals surface area contributed by atoms with Crippen molar-refractivity contribution in [3.05, 3.63) is 18.2 Å². The smallest absolute Gasteiger partial charge is 0.221 e. The van der Waals surface area contributed by atoms with Crippen molar-refractivity contribution in [3.8, 4) is 5.75 Å². The maximum Gasteiger partial charge on any atom is 0.221 e. The van der Waals surface area contributed by atoms with Crippen LogP contribution in [0.15, 0.2) is 18.2 Å². The second-order valence-corrected chi connectivity index (χ2v) is 5.18. The first kappa shape index (κ1) is 20.2. The van der Waals surface area contributed by atoms with Crippen LogP contribution in [0.25, 0.3) is 0 Å². The van der Waals surface area contributed by atoms with Gasteiger partial charge in [0.1, 0.15) is 12.4 Å². The molecule has 0 atom stereocenters. The fraction of sp³-hybridized carbons (Fsp3) is 0.588. The lowest BCUT2D eigenvalue weighted by molar-refractivity contribution is -0.114. The van der Waals surface area contributed by atoms with E-state index in [9.17, 15) is 4.79 Å². The van der Waals surface area contributed by atoms with Crippen LogP contribution in [-0.2, 0) is 19.0 Å². The Morgan fingerprint density at radius 1 is 1.00 bits per heavy atom. The molecule has 0 aliphatic carbocycles. The second kappa shape index (κ2) is 11.7. The normalized spacial score (nSPS) is 10.5. The highest BCUT2D eigenvalue weighted by atomic mass is 16.5. The molecule has 7 heteroatoms. The summed E-state index contributed by atoms with van der Waals surface area (Å²) in [7, 11) is 4.96. The summed E-state index contributed by atoms with van der Waals surface area (Å²) in [6.45, 7) is 4.95. The first-order chi connectivity index (χ1) is 11.6. The topological polar surface area (TPSA) is 69.3 Å². The van der Waals surface area contributed by atoms with Gasteiger partial charge in [-0.2, -0.15) is 0 Å². The molecule has 0 fully saturated rings. The number of carbonyl (C=O) groups is 1. The number of hydrogen-bond acceptors (Lipinski definition) is 6. The van der Waals surface area contributed by atoms with Gasteiger partial charge < -0.3 is 29.2 Å². The van der Waals surface area contributed by atoms with E-state index in [0.29, 0.717) is 39.5 Å². The molecule has 1 aromatic rings. The minimum atomic E-state index is -0.116. The maximum atomic E-state index is 11.3. The third-order valence-electron chi connectivity index (χ3n) is 3.30. The molecule has 7 nitrogen and oxygen atoms in total. The molecule has 1 amide bonds. The molecule has 24 heavy (non-hydrogen) atoms. The van der Waals surface area contributed by atoms with Gasteiger partial charge in [-0.15, -0.1) is 0 Å². The van der Waals surface area contributed by atoms with Gasteiger partial charge in [-0.1, -0.05) is 0 Å². The predicted molar refractivity (Wildman–Crippen MR) is 94.1 cm³/mol. The minimum Gasteiger partial charge on any atom is -0.489 e. The summed E-state index contributed by atoms with van der Waals surface area (Å²) in [6.07, 6.45) is 0. The lowest BCUT2D eigenvalue weighted by atomic mass is 10.2. The van der Waals surface area contributed by atoms with Crippen molar-refractivity contribution < 1.29 is 23.7 Å². The molecule has 0 aliphatic heterocycles. The van der Waals surface area contributed by atoms with Crippen LogP contribution >= 0.6 is 0 Å². The van der Waals surface area contributed by atoms with Gasteiger partial charge in [0.25, 0.3) is 0 Å². The quantitative estimate of drug-likeness (QED) is 0.585. The molecular weight excluding hydrogens is 312 g/mol. The molecular formula is C17H28N2O5. The van der Waals surface area contributed by atoms with Gasteiger partial charge in [0.2, 0.25) is 5.91 Å². The van der Waals surface area contributed by atoms with Crippen molar-refractivity contribution in [1.82, 2.24) is 0 Å². The van der Waals surface area contributed by atoms with E-state index in [2.05, 4.69) is 10.2 Å². The molecule has 1 N–H and O–H groups in total. The Kier molecular flexibility index (Phi) is 9.83. The van der Waals surface area contributed by atoms with Crippen LogP contribution < -0.4 is 15.0 Å². The highest BCUT2D eigenvalue weighted by Gasteiger charge is 2.14. The number of benzene rings is 1. The van der Waals surface area contributed by atoms with Crippen molar-refractivity contribution in [2.45, 2.75) is 6.92 Å². The first-order valence-corrected chi connectivity index (χ1v) is 7.88. The summed E-state index contributed by atoms with van der Waals surface area (Å²) < 4.78 is 21.2. The van der Waals surface area contributed by atoms with E-state index in [0.717, 1.165) is 17.1 Å². The number of nitrogens with one attached hydrogen (secondary N) is 1. The third-order valence-corrected chi connectivity index (χ3v) is 3.30.